The summed E-state index contributed by atoms with van der Waals surface area (Å²) in [7, 11) is 2.65. The second kappa shape index (κ2) is 12.4. The highest BCUT2D eigenvalue weighted by atomic mass is 16.7. The average Bonchev–Trinajstić information content (AvgIpc) is 3.00. The second-order valence-electron chi connectivity index (χ2n) is 10.1. The fraction of sp³-hybridized carbons (Fsp3) is 0.519. The van der Waals surface area contributed by atoms with Gasteiger partial charge in [0.15, 0.2) is 17.8 Å². The van der Waals surface area contributed by atoms with Gasteiger partial charge in [-0.25, -0.2) is 0 Å². The van der Waals surface area contributed by atoms with Gasteiger partial charge in [0.1, 0.15) is 82.3 Å². The number of phenols is 1. The van der Waals surface area contributed by atoms with E-state index in [0.29, 0.717) is 0 Å². The molecule has 0 saturated carbocycles. The second-order valence-corrected chi connectivity index (χ2v) is 10.1. The van der Waals surface area contributed by atoms with Crippen molar-refractivity contribution in [3.05, 3.63) is 34.5 Å². The summed E-state index contributed by atoms with van der Waals surface area (Å²) in [5.41, 5.74) is -0.698. The lowest BCUT2D eigenvalue weighted by atomic mass is 9.98. The first-order valence-electron chi connectivity index (χ1n) is 13.1. The minimum atomic E-state index is -1.85. The van der Waals surface area contributed by atoms with Crippen LogP contribution in [0.3, 0.4) is 0 Å². The molecule has 3 heterocycles. The summed E-state index contributed by atoms with van der Waals surface area (Å²) in [6.45, 7) is -1.29. The van der Waals surface area contributed by atoms with Crippen molar-refractivity contribution in [2.45, 2.75) is 61.4 Å². The first kappa shape index (κ1) is 31.1. The molecule has 2 fully saturated rings. The van der Waals surface area contributed by atoms with Crippen molar-refractivity contribution in [2.75, 3.05) is 27.4 Å². The Morgan fingerprint density at radius 1 is 0.744 bits per heavy atom. The van der Waals surface area contributed by atoms with Crippen molar-refractivity contribution in [1.82, 2.24) is 0 Å². The molecule has 5 rings (SSSR count). The molecule has 0 aliphatic carbocycles. The van der Waals surface area contributed by atoms with Crippen LogP contribution >= 0.6 is 0 Å². The van der Waals surface area contributed by atoms with Gasteiger partial charge in [-0.05, 0) is 12.1 Å². The maximum absolute atomic E-state index is 13.6. The maximum Gasteiger partial charge on any atom is 0.229 e. The topological polar surface area (TPSA) is 247 Å². The molecule has 43 heavy (non-hydrogen) atoms. The standard InChI is InChI=1S/C27H32O16/c1-37-9-5-12-16(21(32)17-10(40-12)3-4-11(38-2)18(17)29)13(6-9)41-27-25(36)23(34)20(31)15(43-27)8-39-26-24(35)22(33)19(30)14(7-28)42-26/h3-6,14-15,19-20,22-31,33-36H,7-8H2,1-2H3/t14-,15-,19-,20-,22-,23-,24-,25-,26-,27-/m1/s1. The Morgan fingerprint density at radius 2 is 1.40 bits per heavy atom. The first-order chi connectivity index (χ1) is 20.5. The van der Waals surface area contributed by atoms with Gasteiger partial charge in [0, 0.05) is 12.1 Å². The van der Waals surface area contributed by atoms with Crippen LogP contribution < -0.4 is 19.6 Å². The lowest BCUT2D eigenvalue weighted by Gasteiger charge is -2.42. The molecule has 0 radical (unpaired) electrons. The Labute approximate surface area is 242 Å². The van der Waals surface area contributed by atoms with Gasteiger partial charge in [-0.3, -0.25) is 4.79 Å². The monoisotopic (exact) mass is 612 g/mol. The summed E-state index contributed by atoms with van der Waals surface area (Å²) in [6, 6.07) is 5.53. The van der Waals surface area contributed by atoms with Crippen LogP contribution in [0.5, 0.6) is 23.0 Å². The number of benzene rings is 2. The summed E-state index contributed by atoms with van der Waals surface area (Å²) < 4.78 is 38.4. The minimum Gasteiger partial charge on any atom is -0.504 e. The molecule has 236 valence electrons. The Hall–Kier alpha value is -3.29. The van der Waals surface area contributed by atoms with Gasteiger partial charge >= 0.3 is 0 Å². The third kappa shape index (κ3) is 5.58. The number of hydrogen-bond acceptors (Lipinski definition) is 16. The van der Waals surface area contributed by atoms with E-state index in [9.17, 15) is 45.6 Å². The van der Waals surface area contributed by atoms with Crippen LogP contribution in [0.15, 0.2) is 33.5 Å². The van der Waals surface area contributed by atoms with Crippen LogP contribution in [0.25, 0.3) is 21.9 Å². The number of rotatable bonds is 8. The van der Waals surface area contributed by atoms with Crippen molar-refractivity contribution in [1.29, 1.82) is 0 Å². The summed E-state index contributed by atoms with van der Waals surface area (Å²) >= 11 is 0. The van der Waals surface area contributed by atoms with Gasteiger partial charge < -0.3 is 73.7 Å². The van der Waals surface area contributed by atoms with E-state index < -0.39 is 85.8 Å². The van der Waals surface area contributed by atoms with E-state index in [4.69, 9.17) is 32.8 Å². The lowest BCUT2D eigenvalue weighted by molar-refractivity contribution is -0.323. The normalized spacial score (nSPS) is 33.0. The molecule has 16 nitrogen and oxygen atoms in total. The van der Waals surface area contributed by atoms with Gasteiger partial charge in [-0.2, -0.15) is 0 Å². The maximum atomic E-state index is 13.6. The van der Waals surface area contributed by atoms with E-state index >= 15 is 0 Å². The van der Waals surface area contributed by atoms with Gasteiger partial charge in [-0.15, -0.1) is 0 Å². The van der Waals surface area contributed by atoms with Crippen LogP contribution in [-0.2, 0) is 14.2 Å². The largest absolute Gasteiger partial charge is 0.504 e. The molecular weight excluding hydrogens is 580 g/mol. The molecule has 2 saturated heterocycles. The van der Waals surface area contributed by atoms with Crippen molar-refractivity contribution in [3.8, 4) is 23.0 Å². The summed E-state index contributed by atoms with van der Waals surface area (Å²) in [4.78, 5) is 13.6. The highest BCUT2D eigenvalue weighted by molar-refractivity contribution is 5.97. The van der Waals surface area contributed by atoms with Crippen LogP contribution in [0.2, 0.25) is 0 Å². The van der Waals surface area contributed by atoms with Gasteiger partial charge in [0.05, 0.1) is 27.4 Å². The summed E-state index contributed by atoms with van der Waals surface area (Å²) in [5.74, 6) is -0.514. The molecule has 0 spiro atoms. The number of ether oxygens (including phenoxy) is 6. The molecule has 0 unspecified atom stereocenters. The van der Waals surface area contributed by atoms with Crippen molar-refractivity contribution in [3.63, 3.8) is 0 Å². The van der Waals surface area contributed by atoms with Crippen LogP contribution in [0.4, 0.5) is 0 Å². The van der Waals surface area contributed by atoms with Crippen LogP contribution in [-0.4, -0.2) is 130 Å². The summed E-state index contributed by atoms with van der Waals surface area (Å²) in [5, 5.41) is 81.6. The molecule has 2 aromatic carbocycles. The third-order valence-electron chi connectivity index (χ3n) is 7.46. The molecule has 10 atom stereocenters. The van der Waals surface area contributed by atoms with Crippen molar-refractivity contribution < 1.29 is 73.7 Å². The van der Waals surface area contributed by atoms with E-state index in [-0.39, 0.29) is 39.2 Å². The fourth-order valence-corrected chi connectivity index (χ4v) is 5.02. The predicted molar refractivity (Wildman–Crippen MR) is 142 cm³/mol. The van der Waals surface area contributed by atoms with Crippen molar-refractivity contribution >= 4 is 21.9 Å². The number of phenolic OH excluding ortho intramolecular Hbond substituents is 1. The Kier molecular flexibility index (Phi) is 8.96. The molecule has 2 aliphatic heterocycles. The number of methoxy groups -OCH3 is 2. The molecule has 1 aromatic heterocycles. The van der Waals surface area contributed by atoms with E-state index in [0.717, 1.165) is 0 Å². The number of hydrogen-bond donors (Lipinski definition) is 8. The van der Waals surface area contributed by atoms with Gasteiger partial charge in [0.25, 0.3) is 0 Å². The average molecular weight is 613 g/mol. The SMILES string of the molecule is COc1cc(O[C@@H]2O[C@H](CO[C@@H]3O[C@H](CO)[C@@H](O)[C@@H](O)[C@H]3O)[C@@H](O)[C@@H](O)[C@H]2O)c2c(=O)c3c(O)c(OC)ccc3oc2c1. The zero-order valence-corrected chi connectivity index (χ0v) is 22.8. The Bertz CT molecular complexity index is 1510. The lowest BCUT2D eigenvalue weighted by Crippen LogP contribution is -2.62. The molecule has 8 N–H and O–H groups in total. The van der Waals surface area contributed by atoms with Crippen LogP contribution in [0.1, 0.15) is 0 Å². The zero-order valence-electron chi connectivity index (χ0n) is 22.8. The van der Waals surface area contributed by atoms with E-state index in [1.807, 2.05) is 0 Å². The molecule has 16 heteroatoms. The van der Waals surface area contributed by atoms with Gasteiger partial charge in [0.2, 0.25) is 11.7 Å². The third-order valence-corrected chi connectivity index (χ3v) is 7.46. The Balaban J connectivity index is 1.45. The smallest absolute Gasteiger partial charge is 0.229 e. The highest BCUT2D eigenvalue weighted by Gasteiger charge is 2.48. The number of aromatic hydroxyl groups is 1. The first-order valence-corrected chi connectivity index (χ1v) is 13.1. The number of aliphatic hydroxyl groups is 7. The predicted octanol–water partition coefficient (Wildman–Crippen LogP) is -2.33. The van der Waals surface area contributed by atoms with E-state index in [1.54, 1.807) is 0 Å². The molecule has 3 aromatic rings. The van der Waals surface area contributed by atoms with E-state index in [2.05, 4.69) is 0 Å². The minimum absolute atomic E-state index is 0.00944. The molecular formula is C27H32O16. The van der Waals surface area contributed by atoms with Crippen LogP contribution in [0, 0.1) is 0 Å². The fourth-order valence-electron chi connectivity index (χ4n) is 5.02. The molecule has 0 bridgehead atoms. The quantitative estimate of drug-likeness (QED) is 0.124. The highest BCUT2D eigenvalue weighted by Crippen LogP contribution is 2.38. The molecule has 2 aliphatic rings. The molecule has 0 amide bonds. The van der Waals surface area contributed by atoms with Crippen molar-refractivity contribution in [2.24, 2.45) is 0 Å². The zero-order chi connectivity index (χ0) is 31.2. The van der Waals surface area contributed by atoms with E-state index in [1.165, 1.54) is 38.5 Å². The summed E-state index contributed by atoms with van der Waals surface area (Å²) in [6.07, 6.45) is -16.5. The van der Waals surface area contributed by atoms with Gasteiger partial charge in [-0.1, -0.05) is 0 Å². The number of fused-ring (bicyclic) bond motifs is 2. The Morgan fingerprint density at radius 3 is 2.05 bits per heavy atom. The number of aliphatic hydroxyl groups excluding tert-OH is 7.